The fraction of sp³-hybridized carbons (Fsp3) is 0.350. The highest BCUT2D eigenvalue weighted by Gasteiger charge is 2.19. The standard InChI is InChI=1S/C20H24N2O3/c1-2-25-19-6-4-3-5-18(19)22-13-11-21(12-14-22)15-16-7-9-17(10-8-16)20(23)24/h3-10H,2,11-15H2,1H3,(H,23,24). The summed E-state index contributed by atoms with van der Waals surface area (Å²) in [5, 5.41) is 8.97. The normalized spacial score (nSPS) is 15.2. The molecule has 0 aromatic heterocycles. The number of hydrogen-bond acceptors (Lipinski definition) is 4. The van der Waals surface area contributed by atoms with E-state index in [2.05, 4.69) is 15.9 Å². The van der Waals surface area contributed by atoms with E-state index in [1.807, 2.05) is 37.3 Å². The Bertz CT molecular complexity index is 707. The van der Waals surface area contributed by atoms with Gasteiger partial charge >= 0.3 is 5.97 Å². The maximum Gasteiger partial charge on any atom is 0.335 e. The van der Waals surface area contributed by atoms with Gasteiger partial charge in [0.1, 0.15) is 5.75 Å². The Hall–Kier alpha value is -2.53. The first-order valence-corrected chi connectivity index (χ1v) is 8.68. The highest BCUT2D eigenvalue weighted by Crippen LogP contribution is 2.29. The van der Waals surface area contributed by atoms with Crippen LogP contribution in [-0.4, -0.2) is 48.8 Å². The molecule has 1 aliphatic heterocycles. The molecule has 132 valence electrons. The zero-order valence-electron chi connectivity index (χ0n) is 14.5. The fourth-order valence-corrected chi connectivity index (χ4v) is 3.15. The van der Waals surface area contributed by atoms with Crippen LogP contribution in [0.15, 0.2) is 48.5 Å². The number of para-hydroxylation sites is 2. The van der Waals surface area contributed by atoms with Crippen LogP contribution in [0.25, 0.3) is 0 Å². The van der Waals surface area contributed by atoms with Crippen molar-refractivity contribution in [1.29, 1.82) is 0 Å². The molecule has 1 N–H and O–H groups in total. The Labute approximate surface area is 148 Å². The first-order valence-electron chi connectivity index (χ1n) is 8.68. The van der Waals surface area contributed by atoms with E-state index in [1.165, 1.54) is 0 Å². The summed E-state index contributed by atoms with van der Waals surface area (Å²) in [6.45, 7) is 7.38. The largest absolute Gasteiger partial charge is 0.492 e. The highest BCUT2D eigenvalue weighted by atomic mass is 16.5. The van der Waals surface area contributed by atoms with Crippen LogP contribution in [0.4, 0.5) is 5.69 Å². The number of nitrogens with zero attached hydrogens (tertiary/aromatic N) is 2. The van der Waals surface area contributed by atoms with E-state index in [4.69, 9.17) is 9.84 Å². The predicted molar refractivity (Wildman–Crippen MR) is 98.5 cm³/mol. The highest BCUT2D eigenvalue weighted by molar-refractivity contribution is 5.87. The number of carbonyl (C=O) groups is 1. The first kappa shape index (κ1) is 17.3. The van der Waals surface area contributed by atoms with Gasteiger partial charge in [-0.2, -0.15) is 0 Å². The Morgan fingerprint density at radius 1 is 1.04 bits per heavy atom. The lowest BCUT2D eigenvalue weighted by atomic mass is 10.1. The van der Waals surface area contributed by atoms with Crippen LogP contribution in [0.5, 0.6) is 5.75 Å². The van der Waals surface area contributed by atoms with Crippen LogP contribution in [0.3, 0.4) is 0 Å². The number of rotatable bonds is 6. The van der Waals surface area contributed by atoms with Crippen molar-refractivity contribution in [3.8, 4) is 5.75 Å². The van der Waals surface area contributed by atoms with Crippen LogP contribution < -0.4 is 9.64 Å². The van der Waals surface area contributed by atoms with E-state index in [1.54, 1.807) is 12.1 Å². The average Bonchev–Trinajstić information content (AvgIpc) is 2.64. The molecule has 2 aromatic rings. The summed E-state index contributed by atoms with van der Waals surface area (Å²) in [5.41, 5.74) is 2.64. The van der Waals surface area contributed by atoms with E-state index >= 15 is 0 Å². The van der Waals surface area contributed by atoms with Gasteiger partial charge in [-0.1, -0.05) is 24.3 Å². The molecule has 5 heteroatoms. The summed E-state index contributed by atoms with van der Waals surface area (Å²) in [6, 6.07) is 15.3. The maximum atomic E-state index is 10.9. The molecule has 0 spiro atoms. The van der Waals surface area contributed by atoms with Crippen molar-refractivity contribution in [2.45, 2.75) is 13.5 Å². The fourth-order valence-electron chi connectivity index (χ4n) is 3.15. The maximum absolute atomic E-state index is 10.9. The molecule has 0 unspecified atom stereocenters. The smallest absolute Gasteiger partial charge is 0.335 e. The number of hydrogen-bond donors (Lipinski definition) is 1. The van der Waals surface area contributed by atoms with Gasteiger partial charge in [0.2, 0.25) is 0 Å². The van der Waals surface area contributed by atoms with Gasteiger partial charge in [-0.15, -0.1) is 0 Å². The van der Waals surface area contributed by atoms with Crippen LogP contribution in [0.1, 0.15) is 22.8 Å². The molecule has 0 saturated carbocycles. The molecule has 1 saturated heterocycles. The van der Waals surface area contributed by atoms with Crippen molar-refractivity contribution in [3.05, 3.63) is 59.7 Å². The average molecular weight is 340 g/mol. The molecule has 5 nitrogen and oxygen atoms in total. The second-order valence-corrected chi connectivity index (χ2v) is 6.17. The number of piperazine rings is 1. The lowest BCUT2D eigenvalue weighted by Gasteiger charge is -2.36. The monoisotopic (exact) mass is 340 g/mol. The van der Waals surface area contributed by atoms with Gasteiger partial charge in [0, 0.05) is 32.7 Å². The minimum Gasteiger partial charge on any atom is -0.492 e. The van der Waals surface area contributed by atoms with Crippen molar-refractivity contribution in [2.75, 3.05) is 37.7 Å². The zero-order valence-corrected chi connectivity index (χ0v) is 14.5. The molecule has 0 radical (unpaired) electrons. The zero-order chi connectivity index (χ0) is 17.6. The molecule has 25 heavy (non-hydrogen) atoms. The van der Waals surface area contributed by atoms with E-state index in [0.717, 1.165) is 49.7 Å². The molecule has 1 heterocycles. The Morgan fingerprint density at radius 3 is 2.36 bits per heavy atom. The van der Waals surface area contributed by atoms with Crippen molar-refractivity contribution < 1.29 is 14.6 Å². The van der Waals surface area contributed by atoms with Gasteiger partial charge in [-0.25, -0.2) is 4.79 Å². The van der Waals surface area contributed by atoms with Crippen molar-refractivity contribution in [2.24, 2.45) is 0 Å². The van der Waals surface area contributed by atoms with Gasteiger partial charge in [-0.05, 0) is 36.8 Å². The SMILES string of the molecule is CCOc1ccccc1N1CCN(Cc2ccc(C(=O)O)cc2)CC1. The second kappa shape index (κ2) is 8.03. The molecule has 0 amide bonds. The molecule has 1 aliphatic rings. The quantitative estimate of drug-likeness (QED) is 0.876. The van der Waals surface area contributed by atoms with Crippen LogP contribution >= 0.6 is 0 Å². The molecular formula is C20H24N2O3. The summed E-state index contributed by atoms with van der Waals surface area (Å²) < 4.78 is 5.74. The molecule has 1 fully saturated rings. The summed E-state index contributed by atoms with van der Waals surface area (Å²) in [5.74, 6) is 0.0656. The molecule has 0 atom stereocenters. The lowest BCUT2D eigenvalue weighted by molar-refractivity contribution is 0.0697. The third-order valence-corrected chi connectivity index (χ3v) is 4.49. The summed E-state index contributed by atoms with van der Waals surface area (Å²) >= 11 is 0. The number of benzene rings is 2. The van der Waals surface area contributed by atoms with Gasteiger partial charge in [0.05, 0.1) is 17.9 Å². The van der Waals surface area contributed by atoms with E-state index in [0.29, 0.717) is 12.2 Å². The Morgan fingerprint density at radius 2 is 1.72 bits per heavy atom. The third kappa shape index (κ3) is 4.31. The predicted octanol–water partition coefficient (Wildman–Crippen LogP) is 3.11. The number of anilines is 1. The van der Waals surface area contributed by atoms with Gasteiger partial charge in [0.25, 0.3) is 0 Å². The third-order valence-electron chi connectivity index (χ3n) is 4.49. The Balaban J connectivity index is 1.58. The molecule has 3 rings (SSSR count). The van der Waals surface area contributed by atoms with Crippen molar-refractivity contribution >= 4 is 11.7 Å². The minimum absolute atomic E-state index is 0.334. The van der Waals surface area contributed by atoms with E-state index < -0.39 is 5.97 Å². The number of ether oxygens (including phenoxy) is 1. The Kier molecular flexibility index (Phi) is 5.56. The van der Waals surface area contributed by atoms with E-state index in [9.17, 15) is 4.79 Å². The topological polar surface area (TPSA) is 53.0 Å². The second-order valence-electron chi connectivity index (χ2n) is 6.17. The van der Waals surface area contributed by atoms with Crippen LogP contribution in [0, 0.1) is 0 Å². The van der Waals surface area contributed by atoms with Crippen LogP contribution in [0.2, 0.25) is 0 Å². The van der Waals surface area contributed by atoms with Gasteiger partial charge < -0.3 is 14.7 Å². The van der Waals surface area contributed by atoms with Crippen molar-refractivity contribution in [3.63, 3.8) is 0 Å². The van der Waals surface area contributed by atoms with Crippen molar-refractivity contribution in [1.82, 2.24) is 4.90 Å². The number of carboxylic acid groups (broad SMARTS) is 1. The van der Waals surface area contributed by atoms with Gasteiger partial charge in [0.15, 0.2) is 0 Å². The molecule has 0 aliphatic carbocycles. The first-order chi connectivity index (χ1) is 12.2. The minimum atomic E-state index is -0.881. The number of carboxylic acids is 1. The number of aromatic carboxylic acids is 1. The molecule has 0 bridgehead atoms. The van der Waals surface area contributed by atoms with Gasteiger partial charge in [-0.3, -0.25) is 4.90 Å². The van der Waals surface area contributed by atoms with Crippen LogP contribution in [-0.2, 0) is 6.54 Å². The molecule has 2 aromatic carbocycles. The van der Waals surface area contributed by atoms with E-state index in [-0.39, 0.29) is 0 Å². The summed E-state index contributed by atoms with van der Waals surface area (Å²) in [4.78, 5) is 15.7. The lowest BCUT2D eigenvalue weighted by Crippen LogP contribution is -2.46. The summed E-state index contributed by atoms with van der Waals surface area (Å²) in [7, 11) is 0. The molecular weight excluding hydrogens is 316 g/mol. The summed E-state index contributed by atoms with van der Waals surface area (Å²) in [6.07, 6.45) is 0.